The molecule has 5 nitrogen and oxygen atoms in total. The topological polar surface area (TPSA) is 94.0 Å². The Morgan fingerprint density at radius 1 is 1.58 bits per heavy atom. The molecule has 98 valence electrons. The van der Waals surface area contributed by atoms with Crippen molar-refractivity contribution in [3.63, 3.8) is 0 Å². The Kier molecular flexibility index (Phi) is 5.33. The van der Waals surface area contributed by atoms with Gasteiger partial charge in [0.05, 0.1) is 11.7 Å². The van der Waals surface area contributed by atoms with Gasteiger partial charge in [-0.05, 0) is 37.0 Å². The molecule has 0 fully saturated rings. The van der Waals surface area contributed by atoms with Crippen molar-refractivity contribution in [2.24, 2.45) is 11.5 Å². The molecule has 1 aromatic rings. The van der Waals surface area contributed by atoms with Crippen LogP contribution in [0.2, 0.25) is 0 Å². The molecule has 0 aliphatic carbocycles. The maximum absolute atomic E-state index is 11.4. The number of anilines is 1. The lowest BCUT2D eigenvalue weighted by Crippen LogP contribution is -2.32. The van der Waals surface area contributed by atoms with Crippen LogP contribution in [0.1, 0.15) is 12.6 Å². The van der Waals surface area contributed by atoms with Crippen LogP contribution in [0, 0.1) is 11.8 Å². The van der Waals surface area contributed by atoms with Gasteiger partial charge in [-0.15, -0.1) is 0 Å². The molecule has 1 unspecified atom stereocenters. The van der Waals surface area contributed by atoms with Crippen molar-refractivity contribution in [2.75, 3.05) is 5.32 Å². The van der Waals surface area contributed by atoms with Crippen LogP contribution in [0.4, 0.5) is 5.82 Å². The van der Waals surface area contributed by atoms with Gasteiger partial charge in [-0.3, -0.25) is 4.79 Å². The second-order valence-corrected chi connectivity index (χ2v) is 3.79. The fourth-order valence-corrected chi connectivity index (χ4v) is 1.12. The third kappa shape index (κ3) is 5.06. The molecule has 0 saturated heterocycles. The van der Waals surface area contributed by atoms with Crippen molar-refractivity contribution < 1.29 is 4.79 Å². The number of nitrogens with one attached hydrogen (secondary N) is 1. The van der Waals surface area contributed by atoms with E-state index in [1.807, 2.05) is 0 Å². The standard InChI is InChI=1S/C14H16N4O/c1-3-5-11(16)8-9-12-6-4-7-13(17-12)18-14(19)10(2)15/h3-7,10H,1,15-16H2,2H3,(H,17,18,19)/b11-5-. The van der Waals surface area contributed by atoms with E-state index in [9.17, 15) is 4.79 Å². The van der Waals surface area contributed by atoms with E-state index in [1.165, 1.54) is 0 Å². The predicted molar refractivity (Wildman–Crippen MR) is 75.9 cm³/mol. The van der Waals surface area contributed by atoms with Crippen molar-refractivity contribution in [1.82, 2.24) is 4.98 Å². The number of carbonyl (C=O) groups excluding carboxylic acids is 1. The molecule has 0 saturated carbocycles. The van der Waals surface area contributed by atoms with E-state index >= 15 is 0 Å². The molecule has 1 rings (SSSR count). The Labute approximate surface area is 112 Å². The van der Waals surface area contributed by atoms with Crippen LogP contribution >= 0.6 is 0 Å². The van der Waals surface area contributed by atoms with E-state index < -0.39 is 6.04 Å². The van der Waals surface area contributed by atoms with Gasteiger partial charge >= 0.3 is 0 Å². The highest BCUT2D eigenvalue weighted by Crippen LogP contribution is 2.04. The number of hydrogen-bond donors (Lipinski definition) is 3. The van der Waals surface area contributed by atoms with Gasteiger partial charge in [0, 0.05) is 0 Å². The van der Waals surface area contributed by atoms with E-state index in [1.54, 1.807) is 37.3 Å². The van der Waals surface area contributed by atoms with Crippen LogP contribution < -0.4 is 16.8 Å². The molecule has 0 aliphatic rings. The van der Waals surface area contributed by atoms with Gasteiger partial charge in [-0.1, -0.05) is 18.7 Å². The van der Waals surface area contributed by atoms with Gasteiger partial charge < -0.3 is 16.8 Å². The summed E-state index contributed by atoms with van der Waals surface area (Å²) in [7, 11) is 0. The summed E-state index contributed by atoms with van der Waals surface area (Å²) >= 11 is 0. The van der Waals surface area contributed by atoms with E-state index in [-0.39, 0.29) is 5.91 Å². The van der Waals surface area contributed by atoms with Crippen LogP contribution in [-0.4, -0.2) is 16.9 Å². The Morgan fingerprint density at radius 2 is 2.32 bits per heavy atom. The molecule has 19 heavy (non-hydrogen) atoms. The fraction of sp³-hybridized carbons (Fsp3) is 0.143. The zero-order chi connectivity index (χ0) is 14.3. The lowest BCUT2D eigenvalue weighted by molar-refractivity contribution is -0.117. The molecule has 0 aliphatic heterocycles. The number of nitrogens with zero attached hydrogens (tertiary/aromatic N) is 1. The summed E-state index contributed by atoms with van der Waals surface area (Å²) in [6, 6.07) is 4.52. The first-order valence-corrected chi connectivity index (χ1v) is 5.66. The van der Waals surface area contributed by atoms with Gasteiger partial charge in [0.1, 0.15) is 11.5 Å². The molecule has 5 N–H and O–H groups in total. The van der Waals surface area contributed by atoms with E-state index in [2.05, 4.69) is 28.7 Å². The van der Waals surface area contributed by atoms with Gasteiger partial charge in [-0.25, -0.2) is 4.98 Å². The third-order valence-corrected chi connectivity index (χ3v) is 2.05. The Morgan fingerprint density at radius 3 is 2.95 bits per heavy atom. The lowest BCUT2D eigenvalue weighted by atomic mass is 10.3. The van der Waals surface area contributed by atoms with Gasteiger partial charge in [0.15, 0.2) is 0 Å². The van der Waals surface area contributed by atoms with Crippen LogP contribution in [0.25, 0.3) is 0 Å². The first-order valence-electron chi connectivity index (χ1n) is 5.66. The van der Waals surface area contributed by atoms with Gasteiger partial charge in [0.25, 0.3) is 0 Å². The highest BCUT2D eigenvalue weighted by Gasteiger charge is 2.07. The maximum Gasteiger partial charge on any atom is 0.242 e. The minimum Gasteiger partial charge on any atom is -0.392 e. The summed E-state index contributed by atoms with van der Waals surface area (Å²) in [6.45, 7) is 5.12. The summed E-state index contributed by atoms with van der Waals surface area (Å²) in [4.78, 5) is 15.6. The quantitative estimate of drug-likeness (QED) is 0.549. The van der Waals surface area contributed by atoms with Crippen molar-refractivity contribution in [1.29, 1.82) is 0 Å². The highest BCUT2D eigenvalue weighted by atomic mass is 16.2. The van der Waals surface area contributed by atoms with Crippen molar-refractivity contribution in [3.05, 3.63) is 48.3 Å². The summed E-state index contributed by atoms with van der Waals surface area (Å²) in [5.74, 6) is 5.61. The van der Waals surface area contributed by atoms with Gasteiger partial charge in [0.2, 0.25) is 5.91 Å². The maximum atomic E-state index is 11.4. The molecule has 5 heteroatoms. The number of amides is 1. The monoisotopic (exact) mass is 256 g/mol. The predicted octanol–water partition coefficient (Wildman–Crippen LogP) is 0.747. The number of pyridine rings is 1. The fourth-order valence-electron chi connectivity index (χ4n) is 1.12. The highest BCUT2D eigenvalue weighted by molar-refractivity contribution is 5.93. The van der Waals surface area contributed by atoms with E-state index in [4.69, 9.17) is 11.5 Å². The third-order valence-electron chi connectivity index (χ3n) is 2.05. The number of aromatic nitrogens is 1. The second-order valence-electron chi connectivity index (χ2n) is 3.79. The molecule has 0 radical (unpaired) electrons. The number of allylic oxidation sites excluding steroid dienone is 3. The van der Waals surface area contributed by atoms with Crippen LogP contribution in [0.3, 0.4) is 0 Å². The summed E-state index contributed by atoms with van der Waals surface area (Å²) in [6.07, 6.45) is 3.14. The summed E-state index contributed by atoms with van der Waals surface area (Å²) in [5, 5.41) is 2.59. The Bertz CT molecular complexity index is 564. The molecular weight excluding hydrogens is 240 g/mol. The SMILES string of the molecule is C=C/C=C(\N)C#Cc1cccc(NC(=O)C(C)N)n1. The molecule has 1 amide bonds. The molecule has 0 bridgehead atoms. The molecule has 0 aromatic carbocycles. The minimum absolute atomic E-state index is 0.302. The van der Waals surface area contributed by atoms with E-state index in [0.29, 0.717) is 17.2 Å². The summed E-state index contributed by atoms with van der Waals surface area (Å²) in [5.41, 5.74) is 11.9. The Balaban J connectivity index is 2.86. The Hall–Kier alpha value is -2.58. The molecular formula is C14H16N4O. The number of carbonyl (C=O) groups is 1. The largest absolute Gasteiger partial charge is 0.392 e. The van der Waals surface area contributed by atoms with Gasteiger partial charge in [-0.2, -0.15) is 0 Å². The molecule has 1 heterocycles. The molecule has 1 atom stereocenters. The van der Waals surface area contributed by atoms with E-state index in [0.717, 1.165) is 0 Å². The average Bonchev–Trinajstić information content (AvgIpc) is 2.37. The second kappa shape index (κ2) is 6.99. The zero-order valence-electron chi connectivity index (χ0n) is 10.7. The molecule has 1 aromatic heterocycles. The summed E-state index contributed by atoms with van der Waals surface area (Å²) < 4.78 is 0. The van der Waals surface area contributed by atoms with Crippen LogP contribution in [0.5, 0.6) is 0 Å². The van der Waals surface area contributed by atoms with Crippen LogP contribution in [0.15, 0.2) is 42.6 Å². The number of rotatable bonds is 3. The zero-order valence-corrected chi connectivity index (χ0v) is 10.7. The first-order chi connectivity index (χ1) is 9.02. The number of nitrogens with two attached hydrogens (primary N) is 2. The van der Waals surface area contributed by atoms with Crippen molar-refractivity contribution >= 4 is 11.7 Å². The normalized spacial score (nSPS) is 12.0. The van der Waals surface area contributed by atoms with Crippen molar-refractivity contribution in [3.8, 4) is 11.8 Å². The minimum atomic E-state index is -0.595. The van der Waals surface area contributed by atoms with Crippen molar-refractivity contribution in [2.45, 2.75) is 13.0 Å². The lowest BCUT2D eigenvalue weighted by Gasteiger charge is -2.06. The first kappa shape index (κ1) is 14.5. The van der Waals surface area contributed by atoms with Crippen LogP contribution in [-0.2, 0) is 4.79 Å². The number of hydrogen-bond acceptors (Lipinski definition) is 4. The molecule has 0 spiro atoms. The average molecular weight is 256 g/mol. The smallest absolute Gasteiger partial charge is 0.242 e.